The maximum atomic E-state index is 13.0. The lowest BCUT2D eigenvalue weighted by Crippen LogP contribution is -1.98. The van der Waals surface area contributed by atoms with Gasteiger partial charge in [-0.15, -0.1) is 0 Å². The molecular formula is C14H14FNO2. The van der Waals surface area contributed by atoms with Crippen molar-refractivity contribution in [2.75, 3.05) is 0 Å². The summed E-state index contributed by atoms with van der Waals surface area (Å²) < 4.78 is 18.4. The molecule has 1 aromatic carbocycles. The molecule has 18 heavy (non-hydrogen) atoms. The van der Waals surface area contributed by atoms with Gasteiger partial charge in [0.15, 0.2) is 0 Å². The molecule has 0 spiro atoms. The number of ether oxygens (including phenoxy) is 1. The molecule has 94 valence electrons. The van der Waals surface area contributed by atoms with Crippen LogP contribution in [0.3, 0.4) is 0 Å². The summed E-state index contributed by atoms with van der Waals surface area (Å²) in [5, 5.41) is 9.59. The second-order valence-electron chi connectivity index (χ2n) is 3.90. The van der Waals surface area contributed by atoms with E-state index in [9.17, 15) is 9.50 Å². The van der Waals surface area contributed by atoms with Crippen LogP contribution in [0.15, 0.2) is 42.6 Å². The molecule has 0 fully saturated rings. The van der Waals surface area contributed by atoms with Crippen molar-refractivity contribution in [1.29, 1.82) is 0 Å². The molecule has 4 heteroatoms. The van der Waals surface area contributed by atoms with Crippen LogP contribution < -0.4 is 4.74 Å². The van der Waals surface area contributed by atoms with E-state index >= 15 is 0 Å². The summed E-state index contributed by atoms with van der Waals surface area (Å²) in [6.45, 7) is 1.88. The van der Waals surface area contributed by atoms with Crippen molar-refractivity contribution in [2.24, 2.45) is 0 Å². The number of pyridine rings is 1. The highest BCUT2D eigenvalue weighted by Gasteiger charge is 2.06. The molecule has 0 saturated heterocycles. The Labute approximate surface area is 105 Å². The highest BCUT2D eigenvalue weighted by molar-refractivity contribution is 5.30. The van der Waals surface area contributed by atoms with Gasteiger partial charge in [-0.05, 0) is 30.7 Å². The Morgan fingerprint density at radius 3 is 2.72 bits per heavy atom. The summed E-state index contributed by atoms with van der Waals surface area (Å²) in [5.74, 6) is 0.576. The lowest BCUT2D eigenvalue weighted by molar-refractivity contribution is 0.169. The van der Waals surface area contributed by atoms with E-state index in [0.29, 0.717) is 23.6 Å². The van der Waals surface area contributed by atoms with E-state index in [4.69, 9.17) is 4.74 Å². The third-order valence-corrected chi connectivity index (χ3v) is 2.52. The van der Waals surface area contributed by atoms with Crippen molar-refractivity contribution in [1.82, 2.24) is 4.98 Å². The van der Waals surface area contributed by atoms with E-state index in [0.717, 1.165) is 0 Å². The van der Waals surface area contributed by atoms with E-state index in [2.05, 4.69) is 4.98 Å². The highest BCUT2D eigenvalue weighted by Crippen LogP contribution is 2.22. The number of halogens is 1. The molecular weight excluding hydrogens is 233 g/mol. The van der Waals surface area contributed by atoms with Gasteiger partial charge in [-0.3, -0.25) is 4.98 Å². The van der Waals surface area contributed by atoms with Gasteiger partial charge in [0.1, 0.15) is 17.3 Å². The summed E-state index contributed by atoms with van der Waals surface area (Å²) in [6, 6.07) is 9.29. The molecule has 1 unspecified atom stereocenters. The molecule has 0 aliphatic carbocycles. The normalized spacial score (nSPS) is 12.2. The number of aromatic nitrogens is 1. The summed E-state index contributed by atoms with van der Waals surface area (Å²) in [6.07, 6.45) is 1.56. The molecule has 2 rings (SSSR count). The van der Waals surface area contributed by atoms with Gasteiger partial charge in [0, 0.05) is 6.07 Å². The van der Waals surface area contributed by atoms with Gasteiger partial charge >= 0.3 is 0 Å². The van der Waals surface area contributed by atoms with Crippen molar-refractivity contribution < 1.29 is 14.2 Å². The molecule has 0 bridgehead atoms. The first-order valence-electron chi connectivity index (χ1n) is 5.76. The second-order valence-corrected chi connectivity index (χ2v) is 3.90. The highest BCUT2D eigenvalue weighted by atomic mass is 19.1. The first-order valence-corrected chi connectivity index (χ1v) is 5.76. The third-order valence-electron chi connectivity index (χ3n) is 2.52. The fourth-order valence-electron chi connectivity index (χ4n) is 1.52. The molecule has 1 heterocycles. The lowest BCUT2D eigenvalue weighted by Gasteiger charge is -2.09. The molecule has 3 nitrogen and oxygen atoms in total. The monoisotopic (exact) mass is 247 g/mol. The number of benzene rings is 1. The lowest BCUT2D eigenvalue weighted by atomic mass is 10.2. The standard InChI is InChI=1S/C14H14FNO2/c1-2-14(17)13-7-6-12(9-16-13)18-11-5-3-4-10(15)8-11/h3-9,14,17H,2H2,1H3. The molecule has 1 aromatic heterocycles. The molecule has 2 aromatic rings. The maximum Gasteiger partial charge on any atom is 0.145 e. The Balaban J connectivity index is 2.11. The fraction of sp³-hybridized carbons (Fsp3) is 0.214. The summed E-state index contributed by atoms with van der Waals surface area (Å²) >= 11 is 0. The number of nitrogens with zero attached hydrogens (tertiary/aromatic N) is 1. The summed E-state index contributed by atoms with van der Waals surface area (Å²) in [4.78, 5) is 4.10. The van der Waals surface area contributed by atoms with Crippen LogP contribution in [0.25, 0.3) is 0 Å². The molecule has 1 atom stereocenters. The smallest absolute Gasteiger partial charge is 0.145 e. The quantitative estimate of drug-likeness (QED) is 0.899. The molecule has 0 radical (unpaired) electrons. The van der Waals surface area contributed by atoms with Crippen LogP contribution in [0.2, 0.25) is 0 Å². The molecule has 0 aliphatic heterocycles. The Morgan fingerprint density at radius 1 is 1.28 bits per heavy atom. The minimum Gasteiger partial charge on any atom is -0.456 e. The van der Waals surface area contributed by atoms with E-state index in [1.807, 2.05) is 6.92 Å². The minimum absolute atomic E-state index is 0.349. The van der Waals surface area contributed by atoms with E-state index < -0.39 is 6.10 Å². The van der Waals surface area contributed by atoms with Crippen molar-refractivity contribution in [3.05, 3.63) is 54.1 Å². The van der Waals surface area contributed by atoms with Gasteiger partial charge in [-0.1, -0.05) is 13.0 Å². The fourth-order valence-corrected chi connectivity index (χ4v) is 1.52. The average Bonchev–Trinajstić information content (AvgIpc) is 2.39. The average molecular weight is 247 g/mol. The van der Waals surface area contributed by atoms with Gasteiger partial charge in [0.25, 0.3) is 0 Å². The Morgan fingerprint density at radius 2 is 2.11 bits per heavy atom. The van der Waals surface area contributed by atoms with Gasteiger partial charge in [-0.2, -0.15) is 0 Å². The van der Waals surface area contributed by atoms with Crippen molar-refractivity contribution in [3.8, 4) is 11.5 Å². The maximum absolute atomic E-state index is 13.0. The van der Waals surface area contributed by atoms with Gasteiger partial charge in [-0.25, -0.2) is 4.39 Å². The first kappa shape index (κ1) is 12.5. The summed E-state index contributed by atoms with van der Waals surface area (Å²) in [7, 11) is 0. The van der Waals surface area contributed by atoms with E-state index in [1.54, 1.807) is 24.3 Å². The molecule has 0 saturated carbocycles. The van der Waals surface area contributed by atoms with Crippen molar-refractivity contribution >= 4 is 0 Å². The molecule has 0 amide bonds. The van der Waals surface area contributed by atoms with Crippen molar-refractivity contribution in [3.63, 3.8) is 0 Å². The predicted molar refractivity (Wildman–Crippen MR) is 66.0 cm³/mol. The van der Waals surface area contributed by atoms with E-state index in [-0.39, 0.29) is 5.82 Å². The zero-order valence-electron chi connectivity index (χ0n) is 10.0. The molecule has 1 N–H and O–H groups in total. The zero-order chi connectivity index (χ0) is 13.0. The van der Waals surface area contributed by atoms with Crippen LogP contribution in [-0.4, -0.2) is 10.1 Å². The van der Waals surface area contributed by atoms with Crippen LogP contribution in [-0.2, 0) is 0 Å². The zero-order valence-corrected chi connectivity index (χ0v) is 10.0. The SMILES string of the molecule is CCC(O)c1ccc(Oc2cccc(F)c2)cn1. The number of hydrogen-bond acceptors (Lipinski definition) is 3. The predicted octanol–water partition coefficient (Wildman–Crippen LogP) is 3.46. The van der Waals surface area contributed by atoms with Crippen LogP contribution in [0, 0.1) is 5.82 Å². The second kappa shape index (κ2) is 5.60. The van der Waals surface area contributed by atoms with Crippen LogP contribution >= 0.6 is 0 Å². The number of hydrogen-bond donors (Lipinski definition) is 1. The minimum atomic E-state index is -0.562. The topological polar surface area (TPSA) is 42.4 Å². The van der Waals surface area contributed by atoms with Crippen LogP contribution in [0.4, 0.5) is 4.39 Å². The molecule has 0 aliphatic rings. The largest absolute Gasteiger partial charge is 0.456 e. The van der Waals surface area contributed by atoms with Gasteiger partial charge < -0.3 is 9.84 Å². The number of aliphatic hydroxyl groups excluding tert-OH is 1. The first-order chi connectivity index (χ1) is 8.69. The van der Waals surface area contributed by atoms with Gasteiger partial charge in [0.2, 0.25) is 0 Å². The van der Waals surface area contributed by atoms with E-state index in [1.165, 1.54) is 18.3 Å². The Bertz CT molecular complexity index is 513. The van der Waals surface area contributed by atoms with Gasteiger partial charge in [0.05, 0.1) is 18.0 Å². The Hall–Kier alpha value is -1.94. The number of aliphatic hydroxyl groups is 1. The summed E-state index contributed by atoms with van der Waals surface area (Å²) in [5.41, 5.74) is 0.601. The van der Waals surface area contributed by atoms with Crippen LogP contribution in [0.5, 0.6) is 11.5 Å². The Kier molecular flexibility index (Phi) is 3.89. The number of rotatable bonds is 4. The third kappa shape index (κ3) is 3.05. The van der Waals surface area contributed by atoms with Crippen molar-refractivity contribution in [2.45, 2.75) is 19.4 Å². The van der Waals surface area contributed by atoms with Crippen LogP contribution in [0.1, 0.15) is 25.1 Å².